The molecule has 1 aliphatic rings. The fraction of sp³-hybridized carbons (Fsp3) is 0.438. The number of amides is 2. The Labute approximate surface area is 142 Å². The van der Waals surface area contributed by atoms with Crippen LogP contribution >= 0.6 is 0 Å². The summed E-state index contributed by atoms with van der Waals surface area (Å²) in [5, 5.41) is 10.9. The van der Waals surface area contributed by atoms with E-state index in [1.54, 1.807) is 0 Å². The first-order valence-corrected chi connectivity index (χ1v) is 7.71. The molecule has 0 radical (unpaired) electrons. The van der Waals surface area contributed by atoms with E-state index in [2.05, 4.69) is 10.1 Å². The Hall–Kier alpha value is -2.71. The minimum atomic E-state index is -3.05. The van der Waals surface area contributed by atoms with Gasteiger partial charge >= 0.3 is 12.6 Å². The quantitative estimate of drug-likeness (QED) is 0.802. The lowest BCUT2D eigenvalue weighted by molar-refractivity contribution is -0.138. The van der Waals surface area contributed by atoms with Crippen LogP contribution in [0.2, 0.25) is 0 Å². The average molecular weight is 356 g/mol. The molecule has 0 spiro atoms. The molecule has 1 saturated heterocycles. The van der Waals surface area contributed by atoms with Crippen LogP contribution in [-0.4, -0.2) is 54.0 Å². The molecule has 2 amide bonds. The maximum Gasteiger partial charge on any atom is 0.387 e. The Balaban J connectivity index is 2.07. The minimum Gasteiger partial charge on any atom is -0.480 e. The van der Waals surface area contributed by atoms with Gasteiger partial charge in [-0.3, -0.25) is 14.4 Å². The second-order valence-corrected chi connectivity index (χ2v) is 5.58. The van der Waals surface area contributed by atoms with Gasteiger partial charge in [0.05, 0.1) is 11.5 Å². The smallest absolute Gasteiger partial charge is 0.387 e. The van der Waals surface area contributed by atoms with Crippen molar-refractivity contribution in [3.05, 3.63) is 29.8 Å². The third kappa shape index (κ3) is 5.13. The number of hydrogen-bond acceptors (Lipinski definition) is 4. The van der Waals surface area contributed by atoms with Crippen LogP contribution in [0.25, 0.3) is 0 Å². The maximum atomic E-state index is 12.6. The Morgan fingerprint density at radius 1 is 1.32 bits per heavy atom. The molecule has 0 aliphatic carbocycles. The van der Waals surface area contributed by atoms with Gasteiger partial charge < -0.3 is 20.1 Å². The first-order valence-electron chi connectivity index (χ1n) is 7.71. The van der Waals surface area contributed by atoms with E-state index < -0.39 is 36.9 Å². The highest BCUT2D eigenvalue weighted by Crippen LogP contribution is 2.25. The molecular weight excluding hydrogens is 338 g/mol. The number of carboxylic acid groups (broad SMARTS) is 1. The van der Waals surface area contributed by atoms with Gasteiger partial charge in [0.1, 0.15) is 12.3 Å². The molecule has 1 aromatic carbocycles. The second-order valence-electron chi connectivity index (χ2n) is 5.58. The molecule has 9 heteroatoms. The largest absolute Gasteiger partial charge is 0.480 e. The van der Waals surface area contributed by atoms with E-state index >= 15 is 0 Å². The predicted octanol–water partition coefficient (Wildman–Crippen LogP) is 1.34. The van der Waals surface area contributed by atoms with Gasteiger partial charge in [0.25, 0.3) is 5.91 Å². The number of aliphatic carboxylic acids is 1. The van der Waals surface area contributed by atoms with Crippen LogP contribution in [0.1, 0.15) is 23.2 Å². The van der Waals surface area contributed by atoms with Gasteiger partial charge in [-0.1, -0.05) is 12.1 Å². The number of hydrogen-bond donors (Lipinski definition) is 2. The summed E-state index contributed by atoms with van der Waals surface area (Å²) in [7, 11) is 0. The van der Waals surface area contributed by atoms with Crippen molar-refractivity contribution in [3.63, 3.8) is 0 Å². The van der Waals surface area contributed by atoms with Crippen molar-refractivity contribution in [1.29, 1.82) is 0 Å². The zero-order valence-electron chi connectivity index (χ0n) is 13.3. The van der Waals surface area contributed by atoms with Crippen LogP contribution in [0.15, 0.2) is 24.3 Å². The highest BCUT2D eigenvalue weighted by molar-refractivity contribution is 5.97. The number of rotatable bonds is 6. The van der Waals surface area contributed by atoms with Gasteiger partial charge in [0, 0.05) is 13.1 Å². The van der Waals surface area contributed by atoms with Gasteiger partial charge in [-0.05, 0) is 25.0 Å². The fourth-order valence-corrected chi connectivity index (χ4v) is 2.70. The Kier molecular flexibility index (Phi) is 6.26. The van der Waals surface area contributed by atoms with E-state index in [0.717, 1.165) is 0 Å². The van der Waals surface area contributed by atoms with Crippen LogP contribution in [0.4, 0.5) is 8.78 Å². The number of para-hydroxylation sites is 1. The summed E-state index contributed by atoms with van der Waals surface area (Å²) in [4.78, 5) is 36.5. The van der Waals surface area contributed by atoms with Crippen LogP contribution in [0.3, 0.4) is 0 Å². The number of benzene rings is 1. The summed E-state index contributed by atoms with van der Waals surface area (Å²) in [5.41, 5.74) is -0.00519. The van der Waals surface area contributed by atoms with E-state index in [1.807, 2.05) is 0 Å². The highest BCUT2D eigenvalue weighted by atomic mass is 19.3. The lowest BCUT2D eigenvalue weighted by Crippen LogP contribution is -2.46. The van der Waals surface area contributed by atoms with Gasteiger partial charge in [-0.2, -0.15) is 8.78 Å². The molecule has 0 bridgehead atoms. The lowest BCUT2D eigenvalue weighted by atomic mass is 9.96. The van der Waals surface area contributed by atoms with E-state index in [9.17, 15) is 23.2 Å². The molecule has 1 aromatic rings. The monoisotopic (exact) mass is 356 g/mol. The zero-order chi connectivity index (χ0) is 18.4. The molecule has 2 N–H and O–H groups in total. The van der Waals surface area contributed by atoms with Crippen molar-refractivity contribution in [2.45, 2.75) is 19.5 Å². The number of carboxylic acids is 1. The SMILES string of the molecule is O=C(O)CNC(=O)C1CCCN(C(=O)c2ccccc2OC(F)F)C1. The van der Waals surface area contributed by atoms with Crippen molar-refractivity contribution in [2.24, 2.45) is 5.92 Å². The number of nitrogens with one attached hydrogen (secondary N) is 1. The molecule has 1 fully saturated rings. The highest BCUT2D eigenvalue weighted by Gasteiger charge is 2.30. The first kappa shape index (κ1) is 18.6. The molecule has 25 heavy (non-hydrogen) atoms. The molecule has 1 aliphatic heterocycles. The summed E-state index contributed by atoms with van der Waals surface area (Å²) in [5.74, 6) is -2.88. The minimum absolute atomic E-state index is 0.00519. The Morgan fingerprint density at radius 3 is 2.72 bits per heavy atom. The number of piperidine rings is 1. The average Bonchev–Trinajstić information content (AvgIpc) is 2.59. The van der Waals surface area contributed by atoms with Gasteiger partial charge in [0.2, 0.25) is 5.91 Å². The number of halogens is 2. The summed E-state index contributed by atoms with van der Waals surface area (Å²) in [6, 6.07) is 5.67. The first-order chi connectivity index (χ1) is 11.9. The molecular formula is C16H18F2N2O5. The molecule has 136 valence electrons. The van der Waals surface area contributed by atoms with E-state index in [0.29, 0.717) is 19.4 Å². The molecule has 1 atom stereocenters. The van der Waals surface area contributed by atoms with Crippen molar-refractivity contribution in [1.82, 2.24) is 10.2 Å². The van der Waals surface area contributed by atoms with Crippen molar-refractivity contribution in [2.75, 3.05) is 19.6 Å². The summed E-state index contributed by atoms with van der Waals surface area (Å²) in [6.07, 6.45) is 1.07. The number of likely N-dealkylation sites (tertiary alicyclic amines) is 1. The van der Waals surface area contributed by atoms with Crippen molar-refractivity contribution in [3.8, 4) is 5.75 Å². The lowest BCUT2D eigenvalue weighted by Gasteiger charge is -2.32. The van der Waals surface area contributed by atoms with Gasteiger partial charge in [-0.15, -0.1) is 0 Å². The zero-order valence-corrected chi connectivity index (χ0v) is 13.3. The molecule has 7 nitrogen and oxygen atoms in total. The third-order valence-corrected chi connectivity index (χ3v) is 3.83. The van der Waals surface area contributed by atoms with Crippen LogP contribution in [-0.2, 0) is 9.59 Å². The summed E-state index contributed by atoms with van der Waals surface area (Å²) >= 11 is 0. The van der Waals surface area contributed by atoms with E-state index in [4.69, 9.17) is 5.11 Å². The van der Waals surface area contributed by atoms with Gasteiger partial charge in [0.15, 0.2) is 0 Å². The predicted molar refractivity (Wildman–Crippen MR) is 82.3 cm³/mol. The second kappa shape index (κ2) is 8.41. The molecule has 0 aromatic heterocycles. The standard InChI is InChI=1S/C16H18F2N2O5/c17-16(18)25-12-6-2-1-5-11(12)15(24)20-7-3-4-10(9-20)14(23)19-8-13(21)22/h1-2,5-6,10,16H,3-4,7-9H2,(H,19,23)(H,21,22). The Bertz CT molecular complexity index is 653. The fourth-order valence-electron chi connectivity index (χ4n) is 2.70. The van der Waals surface area contributed by atoms with Gasteiger partial charge in [-0.25, -0.2) is 0 Å². The maximum absolute atomic E-state index is 12.6. The van der Waals surface area contributed by atoms with Crippen molar-refractivity contribution < 1.29 is 33.0 Å². The number of ether oxygens (including phenoxy) is 1. The topological polar surface area (TPSA) is 95.9 Å². The summed E-state index contributed by atoms with van der Waals surface area (Å²) < 4.78 is 29.3. The number of carbonyl (C=O) groups is 3. The number of nitrogens with zero attached hydrogens (tertiary/aromatic N) is 1. The molecule has 2 rings (SSSR count). The number of alkyl halides is 2. The molecule has 0 saturated carbocycles. The molecule has 1 unspecified atom stereocenters. The Morgan fingerprint density at radius 2 is 2.04 bits per heavy atom. The molecule has 1 heterocycles. The normalized spacial score (nSPS) is 17.2. The third-order valence-electron chi connectivity index (χ3n) is 3.83. The van der Waals surface area contributed by atoms with Crippen LogP contribution in [0.5, 0.6) is 5.75 Å². The van der Waals surface area contributed by atoms with Crippen LogP contribution < -0.4 is 10.1 Å². The number of carbonyl (C=O) groups excluding carboxylic acids is 2. The summed E-state index contributed by atoms with van der Waals surface area (Å²) in [6.45, 7) is -3.07. The van der Waals surface area contributed by atoms with Crippen molar-refractivity contribution >= 4 is 17.8 Å². The van der Waals surface area contributed by atoms with E-state index in [-0.39, 0.29) is 17.9 Å². The van der Waals surface area contributed by atoms with E-state index in [1.165, 1.54) is 29.2 Å². The van der Waals surface area contributed by atoms with Crippen LogP contribution in [0, 0.1) is 5.92 Å².